The third-order valence-electron chi connectivity index (χ3n) is 13.3. The van der Waals surface area contributed by atoms with Crippen molar-refractivity contribution in [2.75, 3.05) is 26.2 Å². The predicted molar refractivity (Wildman–Crippen MR) is 264 cm³/mol. The first-order chi connectivity index (χ1) is 33.2. The van der Waals surface area contributed by atoms with Crippen LogP contribution in [0, 0.1) is 5.82 Å². The summed E-state index contributed by atoms with van der Waals surface area (Å²) < 4.78 is 59.4. The van der Waals surface area contributed by atoms with Crippen LogP contribution in [0.2, 0.25) is 5.02 Å². The van der Waals surface area contributed by atoms with E-state index in [0.717, 1.165) is 114 Å². The van der Waals surface area contributed by atoms with E-state index in [0.29, 0.717) is 17.0 Å². The van der Waals surface area contributed by atoms with Gasteiger partial charge in [0.15, 0.2) is 11.3 Å². The van der Waals surface area contributed by atoms with Gasteiger partial charge in [-0.3, -0.25) is 0 Å². The standard InChI is InChI=1S/C28H22ClF3N4.C27H23FN4/c29-24-22(6-3-7-23(24)28(30,31)32)26-35-25-21(19-9-8-17-4-1-2-5-18(17)16-19)12-15-34-27(25)36(26)20-10-13-33-14-11-20;28-22-7-3-6-21(17-22)26-31-25-24(20-9-8-18-4-1-2-5-19(18)16-20)12-15-30-27(25)32(26)23-10-13-29-14-11-23/h1-9,12,15-16,20,33H,10-11,13-14H2;1-9,12,15-17,23,29H,10-11,13-14H2. The molecule has 340 valence electrons. The van der Waals surface area contributed by atoms with E-state index in [2.05, 4.69) is 86.9 Å². The summed E-state index contributed by atoms with van der Waals surface area (Å²) in [4.78, 5) is 19.4. The average molecular weight is 929 g/mol. The number of halogens is 5. The third-order valence-corrected chi connectivity index (χ3v) is 13.7. The number of hydrogen-bond donors (Lipinski definition) is 2. The molecule has 0 bridgehead atoms. The molecule has 2 saturated heterocycles. The summed E-state index contributed by atoms with van der Waals surface area (Å²) in [5.74, 6) is 0.940. The Kier molecular flexibility index (Phi) is 11.7. The zero-order chi connectivity index (χ0) is 46.4. The van der Waals surface area contributed by atoms with Crippen molar-refractivity contribution in [1.82, 2.24) is 39.7 Å². The van der Waals surface area contributed by atoms with Crippen molar-refractivity contribution < 1.29 is 17.6 Å². The molecule has 0 amide bonds. The molecular formula is C55H45ClF4N8. The van der Waals surface area contributed by atoms with E-state index in [4.69, 9.17) is 26.6 Å². The first kappa shape index (κ1) is 43.6. The maximum atomic E-state index is 14.1. The van der Waals surface area contributed by atoms with Gasteiger partial charge in [-0.2, -0.15) is 13.2 Å². The van der Waals surface area contributed by atoms with E-state index < -0.39 is 11.7 Å². The van der Waals surface area contributed by atoms with E-state index in [1.165, 1.54) is 22.9 Å². The Balaban J connectivity index is 0.000000150. The van der Waals surface area contributed by atoms with E-state index in [1.54, 1.807) is 24.4 Å². The van der Waals surface area contributed by atoms with Gasteiger partial charge in [0.05, 0.1) is 10.6 Å². The lowest BCUT2D eigenvalue weighted by Gasteiger charge is -2.26. The van der Waals surface area contributed by atoms with Crippen LogP contribution in [-0.2, 0) is 6.18 Å². The highest BCUT2D eigenvalue weighted by atomic mass is 35.5. The van der Waals surface area contributed by atoms with Crippen molar-refractivity contribution in [3.8, 4) is 45.0 Å². The van der Waals surface area contributed by atoms with Crippen LogP contribution >= 0.6 is 11.6 Å². The van der Waals surface area contributed by atoms with Crippen molar-refractivity contribution in [1.29, 1.82) is 0 Å². The molecule has 0 atom stereocenters. The summed E-state index contributed by atoms with van der Waals surface area (Å²) in [6.07, 6.45) is 2.66. The maximum absolute atomic E-state index is 14.1. The van der Waals surface area contributed by atoms with Gasteiger partial charge in [-0.1, -0.05) is 103 Å². The quantitative estimate of drug-likeness (QED) is 0.162. The summed E-state index contributed by atoms with van der Waals surface area (Å²) >= 11 is 6.38. The fourth-order valence-electron chi connectivity index (χ4n) is 9.92. The molecule has 12 rings (SSSR count). The van der Waals surface area contributed by atoms with Gasteiger partial charge in [-0.05, 0) is 133 Å². The largest absolute Gasteiger partial charge is 0.417 e. The monoisotopic (exact) mass is 928 g/mol. The van der Waals surface area contributed by atoms with Crippen LogP contribution in [-0.4, -0.2) is 55.2 Å². The van der Waals surface area contributed by atoms with E-state index in [-0.39, 0.29) is 28.5 Å². The Morgan fingerprint density at radius 2 is 1.00 bits per heavy atom. The number of piperidine rings is 2. The number of aromatic nitrogens is 6. The predicted octanol–water partition coefficient (Wildman–Crippen LogP) is 13.5. The SMILES string of the molecule is FC(F)(F)c1cccc(-c2nc3c(-c4ccc5ccccc5c4)ccnc3n2C2CCNCC2)c1Cl.Fc1cccc(-c2nc3c(-c4ccc5ccccc5c4)ccnc3n2C2CCNCC2)c1. The van der Waals surface area contributed by atoms with Gasteiger partial charge in [-0.15, -0.1) is 0 Å². The molecular weight excluding hydrogens is 884 g/mol. The van der Waals surface area contributed by atoms with Gasteiger partial charge in [-0.25, -0.2) is 24.3 Å². The molecule has 10 aromatic rings. The normalized spacial score (nSPS) is 15.0. The fourth-order valence-corrected chi connectivity index (χ4v) is 10.2. The second-order valence-corrected chi connectivity index (χ2v) is 17.8. The minimum atomic E-state index is -4.56. The summed E-state index contributed by atoms with van der Waals surface area (Å²) in [6.45, 7) is 3.53. The Morgan fingerprint density at radius 3 is 1.53 bits per heavy atom. The van der Waals surface area contributed by atoms with E-state index in [1.807, 2.05) is 47.2 Å². The van der Waals surface area contributed by atoms with Gasteiger partial charge < -0.3 is 19.8 Å². The highest BCUT2D eigenvalue weighted by molar-refractivity contribution is 6.34. The first-order valence-electron chi connectivity index (χ1n) is 23.0. The van der Waals surface area contributed by atoms with Crippen LogP contribution in [0.4, 0.5) is 17.6 Å². The Morgan fingerprint density at radius 1 is 0.500 bits per heavy atom. The Bertz CT molecular complexity index is 3480. The molecule has 0 spiro atoms. The zero-order valence-electron chi connectivity index (χ0n) is 36.8. The second-order valence-electron chi connectivity index (χ2n) is 17.4. The molecule has 6 heterocycles. The van der Waals surface area contributed by atoms with Crippen LogP contribution in [0.1, 0.15) is 43.3 Å². The van der Waals surface area contributed by atoms with Crippen molar-refractivity contribution >= 4 is 55.5 Å². The van der Waals surface area contributed by atoms with Crippen LogP contribution in [0.3, 0.4) is 0 Å². The number of benzene rings is 6. The van der Waals surface area contributed by atoms with Crippen LogP contribution in [0.15, 0.2) is 152 Å². The molecule has 2 aliphatic heterocycles. The van der Waals surface area contributed by atoms with Gasteiger partial charge in [0.2, 0.25) is 0 Å². The highest BCUT2D eigenvalue weighted by Gasteiger charge is 2.35. The number of rotatable bonds is 6. The highest BCUT2D eigenvalue weighted by Crippen LogP contribution is 2.43. The molecule has 0 aliphatic carbocycles. The van der Waals surface area contributed by atoms with Crippen molar-refractivity contribution in [2.45, 2.75) is 43.9 Å². The second kappa shape index (κ2) is 18.2. The lowest BCUT2D eigenvalue weighted by atomic mass is 10.0. The molecule has 8 nitrogen and oxygen atoms in total. The first-order valence-corrected chi connectivity index (χ1v) is 23.3. The average Bonchev–Trinajstić information content (AvgIpc) is 3.96. The van der Waals surface area contributed by atoms with Gasteiger partial charge in [0, 0.05) is 46.7 Å². The molecule has 2 N–H and O–H groups in total. The third kappa shape index (κ3) is 8.26. The van der Waals surface area contributed by atoms with Crippen molar-refractivity contribution in [3.05, 3.63) is 168 Å². The molecule has 0 unspecified atom stereocenters. The number of nitrogens with one attached hydrogen (secondary N) is 2. The number of nitrogens with zero attached hydrogens (tertiary/aromatic N) is 6. The lowest BCUT2D eigenvalue weighted by Crippen LogP contribution is -2.29. The molecule has 2 aliphatic rings. The zero-order valence-corrected chi connectivity index (χ0v) is 37.6. The van der Waals surface area contributed by atoms with Crippen LogP contribution in [0.25, 0.3) is 88.9 Å². The Labute approximate surface area is 394 Å². The van der Waals surface area contributed by atoms with E-state index >= 15 is 0 Å². The topological polar surface area (TPSA) is 85.5 Å². The van der Waals surface area contributed by atoms with Crippen molar-refractivity contribution in [2.24, 2.45) is 0 Å². The minimum absolute atomic E-state index is 0.0382. The summed E-state index contributed by atoms with van der Waals surface area (Å²) in [5.41, 5.74) is 7.20. The molecule has 6 aromatic carbocycles. The van der Waals surface area contributed by atoms with Gasteiger partial charge in [0.25, 0.3) is 0 Å². The maximum Gasteiger partial charge on any atom is 0.417 e. The lowest BCUT2D eigenvalue weighted by molar-refractivity contribution is -0.137. The number of alkyl halides is 3. The Hall–Kier alpha value is -6.99. The summed E-state index contributed by atoms with van der Waals surface area (Å²) in [7, 11) is 0. The summed E-state index contributed by atoms with van der Waals surface area (Å²) in [5, 5.41) is 11.1. The fraction of sp³-hybridized carbons (Fsp3) is 0.200. The molecule has 2 fully saturated rings. The molecule has 13 heteroatoms. The number of fused-ring (bicyclic) bond motifs is 4. The number of hydrogen-bond acceptors (Lipinski definition) is 6. The van der Waals surface area contributed by atoms with Crippen LogP contribution < -0.4 is 10.6 Å². The molecule has 68 heavy (non-hydrogen) atoms. The smallest absolute Gasteiger partial charge is 0.317 e. The van der Waals surface area contributed by atoms with Gasteiger partial charge in [0.1, 0.15) is 28.5 Å². The van der Waals surface area contributed by atoms with Gasteiger partial charge >= 0.3 is 6.18 Å². The van der Waals surface area contributed by atoms with E-state index in [9.17, 15) is 17.6 Å². The number of pyridine rings is 2. The minimum Gasteiger partial charge on any atom is -0.317 e. The van der Waals surface area contributed by atoms with Crippen molar-refractivity contribution in [3.63, 3.8) is 0 Å². The van der Waals surface area contributed by atoms with Crippen LogP contribution in [0.5, 0.6) is 0 Å². The summed E-state index contributed by atoms with van der Waals surface area (Å²) in [6, 6.07) is 44.1. The number of imidazole rings is 2. The molecule has 4 aromatic heterocycles. The molecule has 0 saturated carbocycles. The molecule has 0 radical (unpaired) electrons.